The first-order chi connectivity index (χ1) is 12.0. The first-order valence-corrected chi connectivity index (χ1v) is 7.82. The summed E-state index contributed by atoms with van der Waals surface area (Å²) < 4.78 is 4.85. The second-order valence-corrected chi connectivity index (χ2v) is 5.99. The van der Waals surface area contributed by atoms with Crippen LogP contribution in [0.2, 0.25) is 0 Å². The molecule has 9 heteroatoms. The molecular weight excluding hydrogens is 346 g/mol. The van der Waals surface area contributed by atoms with Crippen molar-refractivity contribution in [2.24, 2.45) is 5.73 Å². The van der Waals surface area contributed by atoms with Crippen LogP contribution in [0, 0.1) is 10.1 Å². The second-order valence-electron chi connectivity index (χ2n) is 4.93. The third-order valence-corrected chi connectivity index (χ3v) is 4.38. The second kappa shape index (κ2) is 6.57. The molecule has 0 spiro atoms. The Kier molecular flexibility index (Phi) is 4.31. The number of amides is 2. The van der Waals surface area contributed by atoms with Gasteiger partial charge in [-0.2, -0.15) is 0 Å². The molecule has 0 saturated heterocycles. The minimum atomic E-state index is -0.746. The minimum Gasteiger partial charge on any atom is -0.395 e. The van der Waals surface area contributed by atoms with Gasteiger partial charge in [-0.05, 0) is 17.7 Å². The number of nitrogens with zero attached hydrogens (tertiary/aromatic N) is 1. The number of thiophene rings is 1. The molecule has 0 aliphatic carbocycles. The first kappa shape index (κ1) is 16.4. The lowest BCUT2D eigenvalue weighted by atomic mass is 10.1. The molecule has 2 heterocycles. The fraction of sp³-hybridized carbons (Fsp3) is 0. The standard InChI is InChI=1S/C16H11N3O5S/c17-14(20)10-8-12(9-4-2-1-3-5-9)25-16(10)18-15(21)11-6-7-13(24-11)19(22)23/h1-8H,(H2,17,20)(H,18,21). The number of hydrogen-bond acceptors (Lipinski definition) is 6. The Morgan fingerprint density at radius 3 is 2.48 bits per heavy atom. The van der Waals surface area contributed by atoms with E-state index < -0.39 is 22.6 Å². The highest BCUT2D eigenvalue weighted by Gasteiger charge is 2.21. The Balaban J connectivity index is 1.90. The SMILES string of the molecule is NC(=O)c1cc(-c2ccccc2)sc1NC(=O)c1ccc([N+](=O)[O-])o1. The molecule has 1 aromatic carbocycles. The summed E-state index contributed by atoms with van der Waals surface area (Å²) in [6, 6.07) is 13.1. The molecule has 3 rings (SSSR count). The highest BCUT2D eigenvalue weighted by Crippen LogP contribution is 2.35. The van der Waals surface area contributed by atoms with Crippen molar-refractivity contribution in [3.63, 3.8) is 0 Å². The van der Waals surface area contributed by atoms with E-state index in [-0.39, 0.29) is 16.3 Å². The number of hydrogen-bond donors (Lipinski definition) is 2. The van der Waals surface area contributed by atoms with Crippen molar-refractivity contribution < 1.29 is 18.9 Å². The summed E-state index contributed by atoms with van der Waals surface area (Å²) in [6.07, 6.45) is 0. The van der Waals surface area contributed by atoms with Gasteiger partial charge in [-0.1, -0.05) is 30.3 Å². The lowest BCUT2D eigenvalue weighted by molar-refractivity contribution is -0.402. The lowest BCUT2D eigenvalue weighted by Crippen LogP contribution is -2.16. The van der Waals surface area contributed by atoms with E-state index >= 15 is 0 Å². The topological polar surface area (TPSA) is 128 Å². The average Bonchev–Trinajstić information content (AvgIpc) is 3.23. The Bertz CT molecular complexity index is 961. The van der Waals surface area contributed by atoms with E-state index in [0.29, 0.717) is 0 Å². The van der Waals surface area contributed by atoms with E-state index in [1.54, 1.807) is 6.07 Å². The van der Waals surface area contributed by atoms with Crippen molar-refractivity contribution in [1.82, 2.24) is 0 Å². The lowest BCUT2D eigenvalue weighted by Gasteiger charge is -2.01. The number of carbonyl (C=O) groups is 2. The van der Waals surface area contributed by atoms with Crippen LogP contribution < -0.4 is 11.1 Å². The average molecular weight is 357 g/mol. The number of rotatable bonds is 5. The van der Waals surface area contributed by atoms with Gasteiger partial charge in [0.05, 0.1) is 11.6 Å². The number of primary amides is 1. The molecule has 25 heavy (non-hydrogen) atoms. The molecule has 8 nitrogen and oxygen atoms in total. The molecular formula is C16H11N3O5S. The van der Waals surface area contributed by atoms with Crippen LogP contribution in [0.4, 0.5) is 10.9 Å². The van der Waals surface area contributed by atoms with E-state index in [9.17, 15) is 19.7 Å². The molecule has 0 aliphatic rings. The maximum Gasteiger partial charge on any atom is 0.433 e. The van der Waals surface area contributed by atoms with Gasteiger partial charge in [0.2, 0.25) is 0 Å². The van der Waals surface area contributed by atoms with E-state index in [2.05, 4.69) is 5.32 Å². The monoisotopic (exact) mass is 357 g/mol. The summed E-state index contributed by atoms with van der Waals surface area (Å²) in [4.78, 5) is 34.5. The van der Waals surface area contributed by atoms with Gasteiger partial charge >= 0.3 is 5.88 Å². The number of nitrogens with two attached hydrogens (primary N) is 1. The van der Waals surface area contributed by atoms with Crippen LogP contribution in [0.25, 0.3) is 10.4 Å². The zero-order valence-electron chi connectivity index (χ0n) is 12.6. The van der Waals surface area contributed by atoms with Crippen molar-refractivity contribution >= 4 is 34.0 Å². The maximum atomic E-state index is 12.2. The van der Waals surface area contributed by atoms with Gasteiger partial charge in [0, 0.05) is 4.88 Å². The van der Waals surface area contributed by atoms with Gasteiger partial charge in [0.25, 0.3) is 11.8 Å². The van der Waals surface area contributed by atoms with Gasteiger partial charge in [-0.3, -0.25) is 19.7 Å². The van der Waals surface area contributed by atoms with Gasteiger partial charge in [0.1, 0.15) is 9.92 Å². The molecule has 0 bridgehead atoms. The van der Waals surface area contributed by atoms with Crippen LogP contribution in [0.3, 0.4) is 0 Å². The Labute approximate surface area is 145 Å². The molecule has 0 saturated carbocycles. The first-order valence-electron chi connectivity index (χ1n) is 7.00. The van der Waals surface area contributed by atoms with E-state index in [1.165, 1.54) is 17.4 Å². The smallest absolute Gasteiger partial charge is 0.395 e. The Hall–Kier alpha value is -3.46. The molecule has 0 fully saturated rings. The largest absolute Gasteiger partial charge is 0.433 e. The van der Waals surface area contributed by atoms with Gasteiger partial charge < -0.3 is 15.5 Å². The summed E-state index contributed by atoms with van der Waals surface area (Å²) >= 11 is 1.17. The van der Waals surface area contributed by atoms with Crippen LogP contribution in [-0.2, 0) is 0 Å². The summed E-state index contributed by atoms with van der Waals surface area (Å²) in [6.45, 7) is 0. The number of carbonyl (C=O) groups excluding carboxylic acids is 2. The fourth-order valence-electron chi connectivity index (χ4n) is 2.12. The third-order valence-electron chi connectivity index (χ3n) is 3.28. The van der Waals surface area contributed by atoms with E-state index in [0.717, 1.165) is 16.5 Å². The van der Waals surface area contributed by atoms with Crippen molar-refractivity contribution in [1.29, 1.82) is 0 Å². The zero-order valence-corrected chi connectivity index (χ0v) is 13.4. The summed E-state index contributed by atoms with van der Waals surface area (Å²) in [5.41, 5.74) is 6.38. The van der Waals surface area contributed by atoms with Crippen molar-refractivity contribution in [3.05, 3.63) is 70.0 Å². The predicted molar refractivity (Wildman–Crippen MR) is 91.6 cm³/mol. The molecule has 0 unspecified atom stereocenters. The molecule has 2 amide bonds. The Morgan fingerprint density at radius 2 is 1.88 bits per heavy atom. The summed E-state index contributed by atoms with van der Waals surface area (Å²) in [5, 5.41) is 13.4. The minimum absolute atomic E-state index is 0.151. The van der Waals surface area contributed by atoms with Crippen LogP contribution >= 0.6 is 11.3 Å². The van der Waals surface area contributed by atoms with Crippen molar-refractivity contribution in [2.45, 2.75) is 0 Å². The molecule has 0 aliphatic heterocycles. The van der Waals surface area contributed by atoms with Crippen LogP contribution in [0.1, 0.15) is 20.9 Å². The molecule has 0 atom stereocenters. The quantitative estimate of drug-likeness (QED) is 0.535. The maximum absolute atomic E-state index is 12.2. The molecule has 3 aromatic rings. The predicted octanol–water partition coefficient (Wildman–Crippen LogP) is 3.27. The molecule has 126 valence electrons. The van der Waals surface area contributed by atoms with Gasteiger partial charge in [0.15, 0.2) is 5.76 Å². The summed E-state index contributed by atoms with van der Waals surface area (Å²) in [5.74, 6) is -2.19. The number of benzene rings is 1. The highest BCUT2D eigenvalue weighted by molar-refractivity contribution is 7.20. The van der Waals surface area contributed by atoms with Gasteiger partial charge in [-0.25, -0.2) is 0 Å². The normalized spacial score (nSPS) is 10.4. The number of furan rings is 1. The van der Waals surface area contributed by atoms with E-state index in [1.807, 2.05) is 30.3 Å². The molecule has 0 radical (unpaired) electrons. The number of nitro groups is 1. The summed E-state index contributed by atoms with van der Waals surface area (Å²) in [7, 11) is 0. The molecule has 3 N–H and O–H groups in total. The van der Waals surface area contributed by atoms with Crippen molar-refractivity contribution in [2.75, 3.05) is 5.32 Å². The van der Waals surface area contributed by atoms with Crippen LogP contribution in [-0.4, -0.2) is 16.7 Å². The Morgan fingerprint density at radius 1 is 1.16 bits per heavy atom. The van der Waals surface area contributed by atoms with Crippen LogP contribution in [0.5, 0.6) is 0 Å². The zero-order chi connectivity index (χ0) is 18.0. The van der Waals surface area contributed by atoms with Crippen molar-refractivity contribution in [3.8, 4) is 10.4 Å². The highest BCUT2D eigenvalue weighted by atomic mass is 32.1. The number of nitrogens with one attached hydrogen (secondary N) is 1. The van der Waals surface area contributed by atoms with Gasteiger partial charge in [-0.15, -0.1) is 11.3 Å². The fourth-order valence-corrected chi connectivity index (χ4v) is 3.19. The van der Waals surface area contributed by atoms with E-state index in [4.69, 9.17) is 10.2 Å². The third kappa shape index (κ3) is 3.40. The molecule has 2 aromatic heterocycles. The van der Waals surface area contributed by atoms with Crippen LogP contribution in [0.15, 0.2) is 52.9 Å². The number of anilines is 1.